The van der Waals surface area contributed by atoms with Crippen LogP contribution in [0.15, 0.2) is 164 Å². The van der Waals surface area contributed by atoms with Crippen molar-refractivity contribution >= 4 is 65.4 Å². The number of fused-ring (bicyclic) bond motifs is 9. The van der Waals surface area contributed by atoms with E-state index in [1.165, 1.54) is 0 Å². The molecule has 210 valence electrons. The van der Waals surface area contributed by atoms with Gasteiger partial charge < -0.3 is 13.7 Å². The Hall–Kier alpha value is -6.06. The summed E-state index contributed by atoms with van der Waals surface area (Å²) in [6.45, 7) is 0. The van der Waals surface area contributed by atoms with Gasteiger partial charge in [-0.05, 0) is 66.7 Å². The van der Waals surface area contributed by atoms with Gasteiger partial charge in [-0.25, -0.2) is 0 Å². The third kappa shape index (κ3) is 3.41. The Morgan fingerprint density at radius 3 is 1.58 bits per heavy atom. The summed E-state index contributed by atoms with van der Waals surface area (Å²) in [5.41, 5.74) is 5.70. The molecule has 0 aliphatic heterocycles. The van der Waals surface area contributed by atoms with Crippen molar-refractivity contribution in [3.05, 3.63) is 164 Å². The molecule has 0 fully saturated rings. The number of para-hydroxylation sites is 5. The van der Waals surface area contributed by atoms with Gasteiger partial charge in [0, 0.05) is 49.4 Å². The standard InChI is InChI=1S/C42H27N3/c1-2-12-28(13-3-1)43-40-21-11-7-17-34(40)36-26-29(23-25-41(36)43)45-39-20-10-6-16-33(39)35-24-22-30(27-42(35)45)44-37-18-8-4-14-31(37)32-15-5-9-19-38(32)44/h1-27H/i6D,10D,16D,20D,22D,24D,27D. The fourth-order valence-electron chi connectivity index (χ4n) is 6.99. The highest BCUT2D eigenvalue weighted by atomic mass is 15.0. The van der Waals surface area contributed by atoms with Crippen LogP contribution in [-0.2, 0) is 0 Å². The van der Waals surface area contributed by atoms with E-state index in [9.17, 15) is 5.48 Å². The number of aromatic nitrogens is 3. The first-order valence-corrected chi connectivity index (χ1v) is 14.9. The highest BCUT2D eigenvalue weighted by Gasteiger charge is 2.18. The highest BCUT2D eigenvalue weighted by molar-refractivity contribution is 6.13. The van der Waals surface area contributed by atoms with Crippen LogP contribution in [0.1, 0.15) is 9.60 Å². The van der Waals surface area contributed by atoms with E-state index in [2.05, 4.69) is 28.8 Å². The Labute approximate surface area is 269 Å². The van der Waals surface area contributed by atoms with E-state index in [4.69, 9.17) is 4.11 Å². The van der Waals surface area contributed by atoms with Crippen molar-refractivity contribution in [1.29, 1.82) is 0 Å². The second kappa shape index (κ2) is 9.22. The van der Waals surface area contributed by atoms with Crippen molar-refractivity contribution in [2.45, 2.75) is 0 Å². The van der Waals surface area contributed by atoms with Crippen LogP contribution in [0.5, 0.6) is 0 Å². The molecule has 0 saturated carbocycles. The molecule has 7 aromatic carbocycles. The van der Waals surface area contributed by atoms with Crippen LogP contribution in [-0.4, -0.2) is 13.7 Å². The molecule has 0 aliphatic carbocycles. The lowest BCUT2D eigenvalue weighted by atomic mass is 10.1. The molecule has 3 heterocycles. The summed E-state index contributed by atoms with van der Waals surface area (Å²) in [5.74, 6) is 0. The highest BCUT2D eigenvalue weighted by Crippen LogP contribution is 2.39. The fraction of sp³-hybridized carbons (Fsp3) is 0. The summed E-state index contributed by atoms with van der Waals surface area (Å²) < 4.78 is 70.0. The van der Waals surface area contributed by atoms with Gasteiger partial charge in [0.05, 0.1) is 42.7 Å². The van der Waals surface area contributed by atoms with Gasteiger partial charge in [-0.3, -0.25) is 0 Å². The lowest BCUT2D eigenvalue weighted by Gasteiger charge is -2.12. The van der Waals surface area contributed by atoms with E-state index in [0.29, 0.717) is 5.69 Å². The first-order valence-electron chi connectivity index (χ1n) is 18.4. The van der Waals surface area contributed by atoms with Gasteiger partial charge in [0.25, 0.3) is 0 Å². The molecule has 0 atom stereocenters. The van der Waals surface area contributed by atoms with Crippen LogP contribution in [0.25, 0.3) is 82.5 Å². The van der Waals surface area contributed by atoms with Gasteiger partial charge >= 0.3 is 0 Å². The van der Waals surface area contributed by atoms with Gasteiger partial charge in [0.1, 0.15) is 0 Å². The van der Waals surface area contributed by atoms with Crippen LogP contribution in [0.4, 0.5) is 0 Å². The minimum atomic E-state index is -0.429. The second-order valence-corrected chi connectivity index (χ2v) is 11.3. The molecule has 0 saturated heterocycles. The van der Waals surface area contributed by atoms with Gasteiger partial charge in [0.15, 0.2) is 0 Å². The molecule has 10 rings (SSSR count). The second-order valence-electron chi connectivity index (χ2n) is 11.3. The van der Waals surface area contributed by atoms with E-state index in [1.54, 1.807) is 4.57 Å². The first-order chi connectivity index (χ1) is 25.3. The molecule has 3 aromatic heterocycles. The summed E-state index contributed by atoms with van der Waals surface area (Å²) in [4.78, 5) is 0. The van der Waals surface area contributed by atoms with Crippen LogP contribution < -0.4 is 0 Å². The molecule has 0 amide bonds. The average molecular weight is 581 g/mol. The maximum absolute atomic E-state index is 9.92. The Balaban J connectivity index is 1.39. The Bertz CT molecular complexity index is 3100. The normalized spacial score (nSPS) is 14.2. The van der Waals surface area contributed by atoms with E-state index < -0.39 is 12.1 Å². The molecule has 3 heteroatoms. The molecule has 0 spiro atoms. The summed E-state index contributed by atoms with van der Waals surface area (Å²) in [5, 5.41) is 4.08. The quantitative estimate of drug-likeness (QED) is 0.197. The number of hydrogen-bond acceptors (Lipinski definition) is 0. The Morgan fingerprint density at radius 1 is 0.333 bits per heavy atom. The summed E-state index contributed by atoms with van der Waals surface area (Å²) in [6, 6.07) is 37.8. The van der Waals surface area contributed by atoms with Gasteiger partial charge in [-0.15, -0.1) is 0 Å². The zero-order valence-electron chi connectivity index (χ0n) is 30.9. The SMILES string of the molecule is [2H]c1c([2H])c([2H])c2c(c1[2H])c1c([2H])c([2H])c(-n3c4ccccc4c4ccccc43)c([2H])c1n2-c1ccc2c(c1)c1ccccc1n2-c1ccccc1. The van der Waals surface area contributed by atoms with Crippen LogP contribution >= 0.6 is 0 Å². The third-order valence-electron chi connectivity index (χ3n) is 8.88. The Morgan fingerprint density at radius 2 is 0.867 bits per heavy atom. The van der Waals surface area contributed by atoms with Crippen LogP contribution in [0, 0.1) is 0 Å². The molecular formula is C42H27N3. The number of rotatable bonds is 3. The number of hydrogen-bond donors (Lipinski definition) is 0. The van der Waals surface area contributed by atoms with Crippen LogP contribution in [0.3, 0.4) is 0 Å². The molecule has 45 heavy (non-hydrogen) atoms. The van der Waals surface area contributed by atoms with Gasteiger partial charge in [-0.2, -0.15) is 0 Å². The van der Waals surface area contributed by atoms with Gasteiger partial charge in [0.2, 0.25) is 0 Å². The maximum Gasteiger partial charge on any atom is 0.0667 e. The van der Waals surface area contributed by atoms with Crippen molar-refractivity contribution in [3.63, 3.8) is 0 Å². The number of benzene rings is 7. The van der Waals surface area contributed by atoms with E-state index in [0.717, 1.165) is 49.3 Å². The van der Waals surface area contributed by atoms with Crippen molar-refractivity contribution < 1.29 is 9.60 Å². The molecule has 0 radical (unpaired) electrons. The van der Waals surface area contributed by atoms with Crippen LogP contribution in [0.2, 0.25) is 0 Å². The van der Waals surface area contributed by atoms with Crippen molar-refractivity contribution in [2.24, 2.45) is 0 Å². The molecule has 0 aliphatic rings. The molecule has 3 nitrogen and oxygen atoms in total. The van der Waals surface area contributed by atoms with E-state index >= 15 is 0 Å². The van der Waals surface area contributed by atoms with E-state index in [1.807, 2.05) is 102 Å². The Kier molecular flexibility index (Phi) is 3.80. The zero-order chi connectivity index (χ0) is 35.6. The fourth-order valence-corrected chi connectivity index (χ4v) is 6.99. The monoisotopic (exact) mass is 580 g/mol. The minimum Gasteiger partial charge on any atom is -0.309 e. The smallest absolute Gasteiger partial charge is 0.0667 e. The predicted molar refractivity (Wildman–Crippen MR) is 189 cm³/mol. The molecule has 10 aromatic rings. The summed E-state index contributed by atoms with van der Waals surface area (Å²) in [6.07, 6.45) is 0. The molecule has 0 unspecified atom stereocenters. The largest absolute Gasteiger partial charge is 0.309 e. The summed E-state index contributed by atoms with van der Waals surface area (Å²) in [7, 11) is 0. The lowest BCUT2D eigenvalue weighted by molar-refractivity contribution is 1.15. The number of nitrogens with zero attached hydrogens (tertiary/aromatic N) is 3. The topological polar surface area (TPSA) is 14.8 Å². The first kappa shape index (κ1) is 18.6. The molecular weight excluding hydrogens is 546 g/mol. The maximum atomic E-state index is 9.92. The van der Waals surface area contributed by atoms with Crippen molar-refractivity contribution in [3.8, 4) is 17.1 Å². The van der Waals surface area contributed by atoms with Crippen molar-refractivity contribution in [1.82, 2.24) is 13.7 Å². The molecule has 0 N–H and O–H groups in total. The zero-order valence-corrected chi connectivity index (χ0v) is 23.9. The predicted octanol–water partition coefficient (Wildman–Crippen LogP) is 11.0. The van der Waals surface area contributed by atoms with Crippen molar-refractivity contribution in [2.75, 3.05) is 0 Å². The third-order valence-corrected chi connectivity index (χ3v) is 8.88. The lowest BCUT2D eigenvalue weighted by Crippen LogP contribution is -1.97. The van der Waals surface area contributed by atoms with E-state index in [-0.39, 0.29) is 57.7 Å². The summed E-state index contributed by atoms with van der Waals surface area (Å²) >= 11 is 0. The average Bonchev–Trinajstić information content (AvgIpc) is 3.82. The minimum absolute atomic E-state index is 0.0534. The molecule has 0 bridgehead atoms. The van der Waals surface area contributed by atoms with Gasteiger partial charge in [-0.1, -0.05) is 97.0 Å².